The summed E-state index contributed by atoms with van der Waals surface area (Å²) in [5.74, 6) is -2.88. The molecule has 2 fully saturated rings. The lowest BCUT2D eigenvalue weighted by Gasteiger charge is -2.49. The fourth-order valence-electron chi connectivity index (χ4n) is 6.61. The number of aromatic amines is 1. The number of carboxylic acids is 2. The van der Waals surface area contributed by atoms with Crippen LogP contribution in [-0.2, 0) is 35.3 Å². The van der Waals surface area contributed by atoms with E-state index in [0.29, 0.717) is 44.7 Å². The molecule has 1 aromatic carbocycles. The van der Waals surface area contributed by atoms with Crippen LogP contribution in [0.4, 0.5) is 0 Å². The largest absolute Gasteiger partial charge is 0.508 e. The number of carboxylic acid groups (broad SMARTS) is 2. The van der Waals surface area contributed by atoms with Gasteiger partial charge in [-0.05, 0) is 35.8 Å². The standard InChI is InChI=1S/C18H15Cl2N5O5S3.C18H18N6O5S2/c1-7-22-23-18(33-7)32-6-8-5-31-16-12(15(28)25(16)13(8)17(29)30)21-11(26)4-24-2-9(19)14(27)10(20)3-24;19-12(8-1-3-10(25)4-2-8)15(26)21-13-16(27)24-14(18(28)29)9(7-31-17(13)24)6-30-11-5-20-23-22-11/h2-3,12,16H,4-6H2,1H3,(H,21,26)(H,29,30);1-5,12-13,17,25H,6-7,19H2,(H,21,26)(H,28,29)(H,20,22,23)/t12-,16-;12-,13-,17-/m11/s1. The Labute approximate surface area is 392 Å². The molecule has 4 aliphatic rings. The van der Waals surface area contributed by atoms with Crippen LogP contribution < -0.4 is 21.8 Å². The van der Waals surface area contributed by atoms with Crippen molar-refractivity contribution in [3.05, 3.63) is 96.2 Å². The van der Waals surface area contributed by atoms with Gasteiger partial charge < -0.3 is 36.3 Å². The molecule has 4 aromatic rings. The van der Waals surface area contributed by atoms with Crippen LogP contribution in [0.1, 0.15) is 16.6 Å². The van der Waals surface area contributed by atoms with Crippen LogP contribution in [0.2, 0.25) is 10.0 Å². The fourth-order valence-corrected chi connectivity index (χ4v) is 12.7. The SMILES string of the molecule is Cc1nnc(SCC2=C(C(=O)O)N3C(=O)[C@@H](NC(=O)Cn4cc(Cl)c(=O)c(Cl)c4)[C@H]3SC2)s1.N[C@@H](C(=O)N[C@@H]1C(=O)N2C(C(=O)O)=C(CSc3c[nH]nn3)CS[C@H]12)c1ccc(O)cc1. The lowest BCUT2D eigenvalue weighted by atomic mass is 10.0. The maximum absolute atomic E-state index is 12.8. The van der Waals surface area contributed by atoms with Crippen LogP contribution in [0.5, 0.6) is 5.75 Å². The summed E-state index contributed by atoms with van der Waals surface area (Å²) in [6.45, 7) is 1.62. The van der Waals surface area contributed by atoms with Gasteiger partial charge in [0.1, 0.15) is 72.6 Å². The molecule has 64 heavy (non-hydrogen) atoms. The minimum absolute atomic E-state index is 0.0466. The van der Waals surface area contributed by atoms with Crippen molar-refractivity contribution < 1.29 is 44.1 Å². The smallest absolute Gasteiger partial charge is 0.352 e. The molecule has 0 unspecified atom stereocenters. The average Bonchev–Trinajstić information content (AvgIpc) is 3.96. The number of fused-ring (bicyclic) bond motifs is 2. The molecule has 8 N–H and O–H groups in total. The second-order valence-electron chi connectivity index (χ2n) is 13.9. The number of carbonyl (C=O) groups excluding carboxylic acids is 4. The van der Waals surface area contributed by atoms with Crippen molar-refractivity contribution in [2.45, 2.75) is 51.7 Å². The zero-order valence-electron chi connectivity index (χ0n) is 32.7. The predicted molar refractivity (Wildman–Crippen MR) is 238 cm³/mol. The molecule has 336 valence electrons. The van der Waals surface area contributed by atoms with Crippen molar-refractivity contribution in [2.75, 3.05) is 23.0 Å². The summed E-state index contributed by atoms with van der Waals surface area (Å²) in [5, 5.41) is 52.2. The van der Waals surface area contributed by atoms with Crippen LogP contribution in [0.15, 0.2) is 79.6 Å². The van der Waals surface area contributed by atoms with E-state index in [1.165, 1.54) is 109 Å². The van der Waals surface area contributed by atoms with E-state index in [2.05, 4.69) is 36.2 Å². The first-order valence-electron chi connectivity index (χ1n) is 18.4. The maximum Gasteiger partial charge on any atom is 0.352 e. The van der Waals surface area contributed by atoms with Gasteiger partial charge in [-0.1, -0.05) is 75.4 Å². The number of hydrogen-bond acceptors (Lipinski definition) is 18. The van der Waals surface area contributed by atoms with Gasteiger partial charge in [0.25, 0.3) is 11.8 Å². The van der Waals surface area contributed by atoms with Crippen LogP contribution in [0.25, 0.3) is 0 Å². The van der Waals surface area contributed by atoms with Crippen molar-refractivity contribution in [1.29, 1.82) is 0 Å². The normalized spacial score (nSPS) is 20.6. The van der Waals surface area contributed by atoms with Gasteiger partial charge in [0.2, 0.25) is 17.2 Å². The highest BCUT2D eigenvalue weighted by atomic mass is 35.5. The number of aryl methyl sites for hydroxylation is 1. The first-order chi connectivity index (χ1) is 30.5. The molecule has 28 heteroatoms. The highest BCUT2D eigenvalue weighted by Crippen LogP contribution is 2.43. The fraction of sp³-hybridized carbons (Fsp3) is 0.306. The average molecular weight is 1010 g/mol. The Bertz CT molecular complexity index is 2620. The van der Waals surface area contributed by atoms with Gasteiger partial charge >= 0.3 is 11.9 Å². The van der Waals surface area contributed by atoms with Gasteiger partial charge in [0, 0.05) is 35.4 Å². The summed E-state index contributed by atoms with van der Waals surface area (Å²) in [5.41, 5.74) is 7.00. The second kappa shape index (κ2) is 20.0. The first kappa shape index (κ1) is 46.9. The Morgan fingerprint density at radius 2 is 1.44 bits per heavy atom. The molecular formula is C36H33Cl2N11O10S5. The molecule has 5 atom stereocenters. The van der Waals surface area contributed by atoms with Gasteiger partial charge in [-0.15, -0.1) is 38.8 Å². The van der Waals surface area contributed by atoms with Gasteiger partial charge in [-0.25, -0.2) is 9.59 Å². The van der Waals surface area contributed by atoms with Crippen LogP contribution >= 0.6 is 81.6 Å². The number of thioether (sulfide) groups is 4. The number of H-pyrrole nitrogens is 1. The van der Waals surface area contributed by atoms with E-state index in [9.17, 15) is 48.9 Å². The number of hydrogen-bond donors (Lipinski definition) is 7. The van der Waals surface area contributed by atoms with E-state index in [0.717, 1.165) is 9.35 Å². The van der Waals surface area contributed by atoms with Gasteiger partial charge in [-0.3, -0.25) is 38.9 Å². The zero-order chi connectivity index (χ0) is 46.0. The number of rotatable bonds is 14. The van der Waals surface area contributed by atoms with Gasteiger partial charge in [0.15, 0.2) is 4.34 Å². The van der Waals surface area contributed by atoms with E-state index >= 15 is 0 Å². The number of nitrogens with one attached hydrogen (secondary N) is 3. The van der Waals surface area contributed by atoms with Crippen LogP contribution in [0.3, 0.4) is 0 Å². The summed E-state index contributed by atoms with van der Waals surface area (Å²) < 4.78 is 2.06. The third-order valence-corrected chi connectivity index (χ3v) is 15.9. The van der Waals surface area contributed by atoms with E-state index < -0.39 is 69.9 Å². The molecule has 7 heterocycles. The molecule has 21 nitrogen and oxygen atoms in total. The third kappa shape index (κ3) is 10.1. The van der Waals surface area contributed by atoms with Crippen molar-refractivity contribution in [2.24, 2.45) is 5.73 Å². The molecular weight excluding hydrogens is 978 g/mol. The minimum Gasteiger partial charge on any atom is -0.508 e. The topological polar surface area (TPSA) is 309 Å². The summed E-state index contributed by atoms with van der Waals surface area (Å²) in [6.07, 6.45) is 4.14. The number of carbonyl (C=O) groups is 6. The Morgan fingerprint density at radius 3 is 1.95 bits per heavy atom. The Hall–Kier alpha value is -5.09. The molecule has 0 bridgehead atoms. The van der Waals surface area contributed by atoms with E-state index in [1.54, 1.807) is 6.20 Å². The van der Waals surface area contributed by atoms with Crippen LogP contribution in [0, 0.1) is 6.92 Å². The number of phenolic OH excluding ortho intramolecular Hbond substituents is 1. The summed E-state index contributed by atoms with van der Waals surface area (Å²) in [7, 11) is 0. The second-order valence-corrected chi connectivity index (χ2v) is 20.3. The molecule has 0 spiro atoms. The highest BCUT2D eigenvalue weighted by molar-refractivity contribution is 8.02. The number of phenols is 1. The van der Waals surface area contributed by atoms with E-state index in [4.69, 9.17) is 28.9 Å². The van der Waals surface area contributed by atoms with Gasteiger partial charge in [0.05, 0.1) is 6.20 Å². The maximum atomic E-state index is 12.8. The number of aromatic hydroxyl groups is 1. The quantitative estimate of drug-likeness (QED) is 0.0701. The molecule has 0 radical (unpaired) electrons. The molecule has 2 saturated heterocycles. The van der Waals surface area contributed by atoms with E-state index in [-0.39, 0.29) is 33.7 Å². The summed E-state index contributed by atoms with van der Waals surface area (Å²) in [4.78, 5) is 88.3. The lowest BCUT2D eigenvalue weighted by molar-refractivity contribution is -0.150. The summed E-state index contributed by atoms with van der Waals surface area (Å²) in [6, 6.07) is 3.13. The van der Waals surface area contributed by atoms with Gasteiger partial charge in [-0.2, -0.15) is 0 Å². The van der Waals surface area contributed by atoms with Crippen molar-refractivity contribution in [1.82, 2.24) is 50.6 Å². The van der Waals surface area contributed by atoms with Crippen LogP contribution in [-0.4, -0.2) is 137 Å². The molecule has 4 amide bonds. The molecule has 3 aromatic heterocycles. The number of β-lactam (4-membered cyclic amide) rings is 2. The number of nitrogens with zero attached hydrogens (tertiary/aromatic N) is 7. The lowest BCUT2D eigenvalue weighted by Crippen LogP contribution is -2.71. The number of nitrogens with two attached hydrogens (primary N) is 1. The number of pyridine rings is 1. The molecule has 0 aliphatic carbocycles. The first-order valence-corrected chi connectivity index (χ1v) is 24.1. The Balaban J connectivity index is 0.000000192. The minimum atomic E-state index is -1.19. The number of aromatic nitrogens is 6. The molecule has 0 saturated carbocycles. The van der Waals surface area contributed by atoms with Crippen molar-refractivity contribution >= 4 is 117 Å². The number of benzene rings is 1. The highest BCUT2D eigenvalue weighted by Gasteiger charge is 2.55. The summed E-state index contributed by atoms with van der Waals surface area (Å²) >= 11 is 18.5. The number of amides is 4. The predicted octanol–water partition coefficient (Wildman–Crippen LogP) is 1.89. The van der Waals surface area contributed by atoms with Crippen molar-refractivity contribution in [3.63, 3.8) is 0 Å². The number of aliphatic carboxylic acids is 2. The Kier molecular flexibility index (Phi) is 14.6. The monoisotopic (exact) mass is 1010 g/mol. The van der Waals surface area contributed by atoms with Crippen molar-refractivity contribution in [3.8, 4) is 5.75 Å². The van der Waals surface area contributed by atoms with E-state index in [1.807, 2.05) is 6.92 Å². The zero-order valence-corrected chi connectivity index (χ0v) is 38.3. The third-order valence-electron chi connectivity index (χ3n) is 9.63. The molecule has 4 aliphatic heterocycles. The Morgan fingerprint density at radius 1 is 0.875 bits per heavy atom. The molecule has 8 rings (SSSR count). The number of halogens is 2.